The molecule has 5 heteroatoms. The molecule has 0 bridgehead atoms. The first kappa shape index (κ1) is 31.9. The zero-order valence-electron chi connectivity index (χ0n) is 30.3. The fourth-order valence-corrected chi connectivity index (χ4v) is 8.40. The van der Waals surface area contributed by atoms with Gasteiger partial charge in [0.1, 0.15) is 0 Å². The predicted octanol–water partition coefficient (Wildman–Crippen LogP) is 12.8. The minimum absolute atomic E-state index is 0.520. The summed E-state index contributed by atoms with van der Waals surface area (Å²) in [5, 5.41) is 9.07. The third-order valence-corrected chi connectivity index (χ3v) is 10.9. The molecule has 5 nitrogen and oxygen atoms in total. The number of hydrogen-bond acceptors (Lipinski definition) is 3. The smallest absolute Gasteiger partial charge is 0.240 e. The molecule has 11 rings (SSSR count). The molecule has 0 N–H and O–H groups in total. The van der Waals surface area contributed by atoms with E-state index < -0.39 is 0 Å². The van der Waals surface area contributed by atoms with Crippen LogP contribution in [0, 0.1) is 0 Å². The van der Waals surface area contributed by atoms with E-state index in [2.05, 4.69) is 203 Å². The summed E-state index contributed by atoms with van der Waals surface area (Å²) in [6.45, 7) is 0. The molecule has 56 heavy (non-hydrogen) atoms. The van der Waals surface area contributed by atoms with Crippen LogP contribution in [0.15, 0.2) is 200 Å². The highest BCUT2D eigenvalue weighted by Crippen LogP contribution is 2.37. The maximum atomic E-state index is 5.51. The van der Waals surface area contributed by atoms with Crippen LogP contribution in [0.1, 0.15) is 0 Å². The lowest BCUT2D eigenvalue weighted by Gasteiger charge is -2.16. The van der Waals surface area contributed by atoms with Crippen LogP contribution in [0.2, 0.25) is 0 Å². The zero-order valence-corrected chi connectivity index (χ0v) is 30.3. The van der Waals surface area contributed by atoms with E-state index in [1.54, 1.807) is 0 Å². The molecule has 3 heterocycles. The summed E-state index contributed by atoms with van der Waals surface area (Å²) < 4.78 is 4.42. The van der Waals surface area contributed by atoms with Gasteiger partial charge in [-0.05, 0) is 56.9 Å². The van der Waals surface area contributed by atoms with Crippen molar-refractivity contribution in [1.29, 1.82) is 0 Å². The Hall–Kier alpha value is -7.63. The van der Waals surface area contributed by atoms with Crippen molar-refractivity contribution < 1.29 is 0 Å². The normalized spacial score (nSPS) is 11.6. The summed E-state index contributed by atoms with van der Waals surface area (Å²) in [6, 6.07) is 70.4. The van der Waals surface area contributed by atoms with Crippen molar-refractivity contribution in [2.24, 2.45) is 0 Å². The summed E-state index contributed by atoms with van der Waals surface area (Å²) in [6.07, 6.45) is 0. The Balaban J connectivity index is 1.36. The van der Waals surface area contributed by atoms with Gasteiger partial charge in [-0.1, -0.05) is 176 Å². The number of hydrogen-bond donors (Lipinski definition) is 0. The summed E-state index contributed by atoms with van der Waals surface area (Å²) >= 11 is 0. The Bertz CT molecular complexity index is 3220. The Morgan fingerprint density at radius 1 is 0.250 bits per heavy atom. The minimum Gasteiger partial charge on any atom is -0.278 e. The van der Waals surface area contributed by atoms with Crippen molar-refractivity contribution in [2.75, 3.05) is 0 Å². The molecule has 0 aliphatic rings. The maximum absolute atomic E-state index is 5.51. The predicted molar refractivity (Wildman–Crippen MR) is 232 cm³/mol. The molecule has 0 unspecified atom stereocenters. The van der Waals surface area contributed by atoms with E-state index in [0.717, 1.165) is 71.1 Å². The molecular formula is C51H33N5. The van der Waals surface area contributed by atoms with Crippen LogP contribution >= 0.6 is 0 Å². The molecule has 8 aromatic carbocycles. The highest BCUT2D eigenvalue weighted by molar-refractivity contribution is 6.19. The van der Waals surface area contributed by atoms with Gasteiger partial charge in [0, 0.05) is 27.1 Å². The first-order chi connectivity index (χ1) is 27.8. The largest absolute Gasteiger partial charge is 0.278 e. The number of para-hydroxylation sites is 4. The minimum atomic E-state index is 0.520. The molecule has 0 amide bonds. The SMILES string of the molecule is c1ccc(-c2ccccc2-c2nc(-n3c4ccccc4c4ccccc4c4ccccc4c4ccccc43)nc(-n3c4ccccc4c4ccccc43)n2)cc1. The van der Waals surface area contributed by atoms with Gasteiger partial charge in [0.05, 0.1) is 22.1 Å². The van der Waals surface area contributed by atoms with Gasteiger partial charge in [0.25, 0.3) is 0 Å². The van der Waals surface area contributed by atoms with E-state index in [-0.39, 0.29) is 0 Å². The molecule has 11 aromatic rings. The van der Waals surface area contributed by atoms with Crippen molar-refractivity contribution in [3.8, 4) is 34.4 Å². The van der Waals surface area contributed by atoms with Gasteiger partial charge < -0.3 is 0 Å². The molecule has 3 aromatic heterocycles. The van der Waals surface area contributed by atoms with Crippen molar-refractivity contribution in [3.05, 3.63) is 200 Å². The van der Waals surface area contributed by atoms with Crippen molar-refractivity contribution in [3.63, 3.8) is 0 Å². The fourth-order valence-electron chi connectivity index (χ4n) is 8.40. The maximum Gasteiger partial charge on any atom is 0.240 e. The standard InChI is InChI=1S/C51H33N5/c1-2-18-34(19-3-1)35-20-4-9-29-44(35)49-52-50(54-51(53-49)56-47-32-16-12-27-42(47)43-28-13-17-33-48(43)56)55-45-30-14-10-25-40(45)38-23-7-5-21-36(38)37-22-6-8-24-39(37)41-26-11-15-31-46(41)55/h1-33H. The Morgan fingerprint density at radius 2 is 0.554 bits per heavy atom. The summed E-state index contributed by atoms with van der Waals surface area (Å²) in [7, 11) is 0. The Morgan fingerprint density at radius 3 is 0.982 bits per heavy atom. The fraction of sp³-hybridized carbons (Fsp3) is 0. The molecule has 0 saturated carbocycles. The summed E-state index contributed by atoms with van der Waals surface area (Å²) in [5.74, 6) is 1.65. The highest BCUT2D eigenvalue weighted by Gasteiger charge is 2.20. The van der Waals surface area contributed by atoms with E-state index in [9.17, 15) is 0 Å². The summed E-state index contributed by atoms with van der Waals surface area (Å²) in [4.78, 5) is 16.4. The van der Waals surface area contributed by atoms with Crippen LogP contribution in [0.5, 0.6) is 0 Å². The molecule has 262 valence electrons. The third-order valence-electron chi connectivity index (χ3n) is 10.9. The Labute approximate surface area is 322 Å². The number of aromatic nitrogens is 5. The van der Waals surface area contributed by atoms with E-state index >= 15 is 0 Å². The van der Waals surface area contributed by atoms with Crippen LogP contribution in [0.25, 0.3) is 99.6 Å². The second kappa shape index (κ2) is 13.0. The van der Waals surface area contributed by atoms with Gasteiger partial charge in [0.15, 0.2) is 5.82 Å². The Kier molecular flexibility index (Phi) is 7.42. The van der Waals surface area contributed by atoms with E-state index in [4.69, 9.17) is 15.0 Å². The average molecular weight is 716 g/mol. The molecule has 0 radical (unpaired) electrons. The highest BCUT2D eigenvalue weighted by atomic mass is 15.3. The van der Waals surface area contributed by atoms with Crippen LogP contribution < -0.4 is 0 Å². The lowest BCUT2D eigenvalue weighted by molar-refractivity contribution is 0.891. The number of fused-ring (bicyclic) bond motifs is 10. The van der Waals surface area contributed by atoms with Crippen molar-refractivity contribution in [1.82, 2.24) is 24.1 Å². The van der Waals surface area contributed by atoms with Gasteiger partial charge in [-0.2, -0.15) is 15.0 Å². The number of nitrogens with zero attached hydrogens (tertiary/aromatic N) is 5. The molecule has 0 aliphatic heterocycles. The van der Waals surface area contributed by atoms with E-state index in [0.29, 0.717) is 17.7 Å². The van der Waals surface area contributed by atoms with Crippen molar-refractivity contribution in [2.45, 2.75) is 0 Å². The number of benzene rings is 8. The molecule has 0 fully saturated rings. The molecular weight excluding hydrogens is 683 g/mol. The van der Waals surface area contributed by atoms with Crippen LogP contribution in [0.4, 0.5) is 0 Å². The van der Waals surface area contributed by atoms with E-state index in [1.807, 2.05) is 6.07 Å². The first-order valence-electron chi connectivity index (χ1n) is 18.9. The van der Waals surface area contributed by atoms with Gasteiger partial charge >= 0.3 is 0 Å². The monoisotopic (exact) mass is 715 g/mol. The van der Waals surface area contributed by atoms with E-state index in [1.165, 1.54) is 10.8 Å². The van der Waals surface area contributed by atoms with Crippen molar-refractivity contribution >= 4 is 65.2 Å². The summed E-state index contributed by atoms with van der Waals surface area (Å²) in [5.41, 5.74) is 7.07. The van der Waals surface area contributed by atoms with Gasteiger partial charge in [-0.15, -0.1) is 0 Å². The quantitative estimate of drug-likeness (QED) is 0.182. The van der Waals surface area contributed by atoms with Crippen LogP contribution in [0.3, 0.4) is 0 Å². The molecule has 0 atom stereocenters. The first-order valence-corrected chi connectivity index (χ1v) is 18.9. The number of rotatable bonds is 4. The zero-order chi connectivity index (χ0) is 37.0. The second-order valence-corrected chi connectivity index (χ2v) is 14.0. The molecule has 0 aliphatic carbocycles. The molecule has 0 spiro atoms. The van der Waals surface area contributed by atoms with Crippen LogP contribution in [-0.4, -0.2) is 24.1 Å². The lowest BCUT2D eigenvalue weighted by Crippen LogP contribution is -2.11. The van der Waals surface area contributed by atoms with Crippen LogP contribution in [-0.2, 0) is 0 Å². The lowest BCUT2D eigenvalue weighted by atomic mass is 9.99. The second-order valence-electron chi connectivity index (χ2n) is 14.0. The van der Waals surface area contributed by atoms with Gasteiger partial charge in [-0.25, -0.2) is 0 Å². The van der Waals surface area contributed by atoms with Gasteiger partial charge in [0.2, 0.25) is 11.9 Å². The molecule has 0 saturated heterocycles. The van der Waals surface area contributed by atoms with Gasteiger partial charge in [-0.3, -0.25) is 9.13 Å². The third kappa shape index (κ3) is 5.06. The topological polar surface area (TPSA) is 48.5 Å². The average Bonchev–Trinajstić information content (AvgIpc) is 3.63.